The van der Waals surface area contributed by atoms with Crippen LogP contribution in [0.4, 0.5) is 0 Å². The number of amides is 1. The lowest BCUT2D eigenvalue weighted by atomic mass is 10.1. The number of carbonyl (C=O) groups excluding carboxylic acids is 1. The maximum atomic E-state index is 12.0. The molecule has 3 aliphatic rings. The predicted octanol–water partition coefficient (Wildman–Crippen LogP) is 0.623. The lowest BCUT2D eigenvalue weighted by Crippen LogP contribution is -2.47. The summed E-state index contributed by atoms with van der Waals surface area (Å²) in [5.41, 5.74) is 0. The molecule has 96 valence electrons. The Morgan fingerprint density at radius 2 is 1.76 bits per heavy atom. The Morgan fingerprint density at radius 1 is 1.18 bits per heavy atom. The van der Waals surface area contributed by atoms with Gasteiger partial charge in [-0.3, -0.25) is 4.79 Å². The van der Waals surface area contributed by atoms with Crippen molar-refractivity contribution in [1.82, 2.24) is 10.2 Å². The first kappa shape index (κ1) is 11.5. The van der Waals surface area contributed by atoms with Crippen LogP contribution in [0.25, 0.3) is 0 Å². The number of morpholine rings is 1. The third-order valence-electron chi connectivity index (χ3n) is 4.11. The minimum Gasteiger partial charge on any atom is -0.378 e. The lowest BCUT2D eigenvalue weighted by molar-refractivity contribution is -0.134. The van der Waals surface area contributed by atoms with Crippen molar-refractivity contribution in [2.75, 3.05) is 32.8 Å². The van der Waals surface area contributed by atoms with Crippen LogP contribution in [0.3, 0.4) is 0 Å². The van der Waals surface area contributed by atoms with Crippen LogP contribution in [-0.4, -0.2) is 49.7 Å². The van der Waals surface area contributed by atoms with Crippen molar-refractivity contribution in [3.8, 4) is 0 Å². The molecule has 0 aromatic heterocycles. The fraction of sp³-hybridized carbons (Fsp3) is 0.923. The van der Waals surface area contributed by atoms with Crippen LogP contribution >= 0.6 is 0 Å². The smallest absolute Gasteiger partial charge is 0.236 e. The van der Waals surface area contributed by atoms with Gasteiger partial charge in [0.2, 0.25) is 5.91 Å². The molecule has 1 N–H and O–H groups in total. The van der Waals surface area contributed by atoms with Gasteiger partial charge >= 0.3 is 0 Å². The van der Waals surface area contributed by atoms with E-state index < -0.39 is 0 Å². The topological polar surface area (TPSA) is 41.6 Å². The van der Waals surface area contributed by atoms with Crippen molar-refractivity contribution in [3.63, 3.8) is 0 Å². The highest BCUT2D eigenvalue weighted by Gasteiger charge is 2.41. The number of nitrogens with zero attached hydrogens (tertiary/aromatic N) is 1. The van der Waals surface area contributed by atoms with E-state index in [2.05, 4.69) is 5.32 Å². The van der Waals surface area contributed by atoms with E-state index in [1.807, 2.05) is 4.90 Å². The fourth-order valence-corrected chi connectivity index (χ4v) is 2.76. The third kappa shape index (κ3) is 2.99. The quantitative estimate of drug-likeness (QED) is 0.763. The summed E-state index contributed by atoms with van der Waals surface area (Å²) in [5.74, 6) is 1.97. The zero-order chi connectivity index (χ0) is 11.7. The molecule has 17 heavy (non-hydrogen) atoms. The molecule has 0 radical (unpaired) electrons. The minimum atomic E-state index is 0.250. The minimum absolute atomic E-state index is 0.250. The van der Waals surface area contributed by atoms with Crippen LogP contribution in [0.1, 0.15) is 25.7 Å². The van der Waals surface area contributed by atoms with Crippen LogP contribution in [0.15, 0.2) is 0 Å². The van der Waals surface area contributed by atoms with Crippen LogP contribution in [0.2, 0.25) is 0 Å². The van der Waals surface area contributed by atoms with E-state index in [0.717, 1.165) is 24.9 Å². The summed E-state index contributed by atoms with van der Waals surface area (Å²) < 4.78 is 5.26. The molecule has 1 heterocycles. The summed E-state index contributed by atoms with van der Waals surface area (Å²) in [4.78, 5) is 13.9. The van der Waals surface area contributed by atoms with Crippen LogP contribution in [0, 0.1) is 11.8 Å². The number of ether oxygens (including phenoxy) is 1. The Bertz CT molecular complexity index is 269. The summed E-state index contributed by atoms with van der Waals surface area (Å²) in [6.07, 6.45) is 5.44. The Kier molecular flexibility index (Phi) is 3.34. The highest BCUT2D eigenvalue weighted by atomic mass is 16.5. The summed E-state index contributed by atoms with van der Waals surface area (Å²) in [5, 5.41) is 3.51. The van der Waals surface area contributed by atoms with Crippen molar-refractivity contribution >= 4 is 5.91 Å². The lowest BCUT2D eigenvalue weighted by Gasteiger charge is -2.28. The largest absolute Gasteiger partial charge is 0.378 e. The van der Waals surface area contributed by atoms with Crippen LogP contribution in [0.5, 0.6) is 0 Å². The van der Waals surface area contributed by atoms with Gasteiger partial charge in [0.15, 0.2) is 0 Å². The van der Waals surface area contributed by atoms with Crippen molar-refractivity contribution in [3.05, 3.63) is 0 Å². The molecule has 0 unspecified atom stereocenters. The van der Waals surface area contributed by atoms with E-state index in [4.69, 9.17) is 4.74 Å². The molecule has 1 saturated heterocycles. The molecule has 0 aromatic rings. The van der Waals surface area contributed by atoms with Gasteiger partial charge in [0.1, 0.15) is 0 Å². The predicted molar refractivity (Wildman–Crippen MR) is 64.6 cm³/mol. The molecular weight excluding hydrogens is 216 g/mol. The molecule has 2 aliphatic carbocycles. The van der Waals surface area contributed by atoms with Gasteiger partial charge in [-0.25, -0.2) is 0 Å². The molecule has 3 rings (SSSR count). The van der Waals surface area contributed by atoms with Gasteiger partial charge < -0.3 is 15.0 Å². The number of carbonyl (C=O) groups is 1. The van der Waals surface area contributed by atoms with Crippen LogP contribution < -0.4 is 5.32 Å². The van der Waals surface area contributed by atoms with Crippen molar-refractivity contribution in [2.45, 2.75) is 31.7 Å². The number of hydrogen-bond acceptors (Lipinski definition) is 3. The summed E-state index contributed by atoms with van der Waals surface area (Å²) >= 11 is 0. The van der Waals surface area contributed by atoms with Gasteiger partial charge in [-0.15, -0.1) is 0 Å². The van der Waals surface area contributed by atoms with Gasteiger partial charge in [0.05, 0.1) is 19.8 Å². The molecule has 1 aliphatic heterocycles. The number of nitrogens with one attached hydrogen (secondary N) is 1. The van der Waals surface area contributed by atoms with Gasteiger partial charge in [0, 0.05) is 19.1 Å². The average Bonchev–Trinajstić information content (AvgIpc) is 3.24. The molecule has 4 heteroatoms. The first-order chi connectivity index (χ1) is 8.34. The normalized spacial score (nSPS) is 25.4. The van der Waals surface area contributed by atoms with Crippen molar-refractivity contribution in [2.24, 2.45) is 11.8 Å². The van der Waals surface area contributed by atoms with Crippen LogP contribution in [-0.2, 0) is 9.53 Å². The Hall–Kier alpha value is -0.610. The van der Waals surface area contributed by atoms with E-state index in [0.29, 0.717) is 25.8 Å². The molecule has 0 bridgehead atoms. The van der Waals surface area contributed by atoms with E-state index in [-0.39, 0.29) is 5.91 Å². The highest BCUT2D eigenvalue weighted by Crippen LogP contribution is 2.44. The monoisotopic (exact) mass is 238 g/mol. The van der Waals surface area contributed by atoms with E-state index in [9.17, 15) is 4.79 Å². The number of hydrogen-bond donors (Lipinski definition) is 1. The maximum Gasteiger partial charge on any atom is 0.236 e. The molecule has 4 nitrogen and oxygen atoms in total. The summed E-state index contributed by atoms with van der Waals surface area (Å²) in [7, 11) is 0. The summed E-state index contributed by atoms with van der Waals surface area (Å²) in [6, 6.07) is 0.625. The first-order valence-corrected chi connectivity index (χ1v) is 6.93. The Morgan fingerprint density at radius 3 is 2.29 bits per heavy atom. The van der Waals surface area contributed by atoms with Gasteiger partial charge in [-0.1, -0.05) is 0 Å². The molecule has 1 amide bonds. The Labute approximate surface area is 103 Å². The SMILES string of the molecule is O=C(CNC(C1CC1)C1CC1)N1CCOCC1. The first-order valence-electron chi connectivity index (χ1n) is 6.93. The van der Waals surface area contributed by atoms with Gasteiger partial charge in [-0.2, -0.15) is 0 Å². The zero-order valence-electron chi connectivity index (χ0n) is 10.4. The second-order valence-corrected chi connectivity index (χ2v) is 5.57. The highest BCUT2D eigenvalue weighted by molar-refractivity contribution is 5.78. The van der Waals surface area contributed by atoms with E-state index in [1.165, 1.54) is 25.7 Å². The molecule has 3 fully saturated rings. The fourth-order valence-electron chi connectivity index (χ4n) is 2.76. The summed E-state index contributed by atoms with van der Waals surface area (Å²) in [6.45, 7) is 3.44. The molecular formula is C13H22N2O2. The van der Waals surface area contributed by atoms with Gasteiger partial charge in [-0.05, 0) is 37.5 Å². The average molecular weight is 238 g/mol. The van der Waals surface area contributed by atoms with E-state index in [1.54, 1.807) is 0 Å². The van der Waals surface area contributed by atoms with E-state index >= 15 is 0 Å². The second kappa shape index (κ2) is 4.94. The molecule has 0 spiro atoms. The van der Waals surface area contributed by atoms with Crippen molar-refractivity contribution < 1.29 is 9.53 Å². The zero-order valence-corrected chi connectivity index (χ0v) is 10.4. The second-order valence-electron chi connectivity index (χ2n) is 5.57. The molecule has 0 aromatic carbocycles. The molecule has 0 atom stereocenters. The maximum absolute atomic E-state index is 12.0. The number of rotatable bonds is 5. The third-order valence-corrected chi connectivity index (χ3v) is 4.11. The standard InChI is InChI=1S/C13H22N2O2/c16-12(15-5-7-17-8-6-15)9-14-13(10-1-2-10)11-3-4-11/h10-11,13-14H,1-9H2. The Balaban J connectivity index is 1.44. The van der Waals surface area contributed by atoms with Crippen molar-refractivity contribution in [1.29, 1.82) is 0 Å². The van der Waals surface area contributed by atoms with Gasteiger partial charge in [0.25, 0.3) is 0 Å². The molecule has 2 saturated carbocycles.